The number of likely N-dealkylation sites (tertiary alicyclic amines) is 1. The Kier molecular flexibility index (Phi) is 6.28. The van der Waals surface area contributed by atoms with Gasteiger partial charge in [0.2, 0.25) is 5.91 Å². The number of aryl methyl sites for hydroxylation is 1. The normalized spacial score (nSPS) is 14.6. The van der Waals surface area contributed by atoms with Gasteiger partial charge in [-0.05, 0) is 43.9 Å². The number of thiazole rings is 1. The second kappa shape index (κ2) is 9.26. The molecule has 0 radical (unpaired) electrons. The Labute approximate surface area is 179 Å². The number of nitrogens with zero attached hydrogens (tertiary/aromatic N) is 2. The van der Waals surface area contributed by atoms with Gasteiger partial charge in [-0.2, -0.15) is 0 Å². The van der Waals surface area contributed by atoms with Gasteiger partial charge in [0.05, 0.1) is 17.0 Å². The fourth-order valence-electron chi connectivity index (χ4n) is 3.71. The van der Waals surface area contributed by atoms with Gasteiger partial charge in [-0.15, -0.1) is 11.3 Å². The average molecular weight is 424 g/mol. The fraction of sp³-hybridized carbons (Fsp3) is 0.348. The summed E-state index contributed by atoms with van der Waals surface area (Å²) in [6, 6.07) is 11.7. The molecule has 2 aromatic heterocycles. The summed E-state index contributed by atoms with van der Waals surface area (Å²) in [6.07, 6.45) is 3.65. The predicted molar refractivity (Wildman–Crippen MR) is 116 cm³/mol. The Bertz CT molecular complexity index is 987. The van der Waals surface area contributed by atoms with E-state index in [2.05, 4.69) is 39.9 Å². The van der Waals surface area contributed by atoms with E-state index in [0.29, 0.717) is 38.2 Å². The first-order valence-corrected chi connectivity index (χ1v) is 11.1. The predicted octanol–water partition coefficient (Wildman–Crippen LogP) is 3.92. The van der Waals surface area contributed by atoms with Crippen LogP contribution in [0.25, 0.3) is 11.3 Å². The lowest BCUT2D eigenvalue weighted by atomic mass is 9.95. The van der Waals surface area contributed by atoms with Crippen LogP contribution in [0, 0.1) is 12.8 Å². The van der Waals surface area contributed by atoms with E-state index in [1.54, 1.807) is 28.4 Å². The summed E-state index contributed by atoms with van der Waals surface area (Å²) in [7, 11) is 0. The van der Waals surface area contributed by atoms with Crippen LogP contribution >= 0.6 is 11.3 Å². The van der Waals surface area contributed by atoms with Gasteiger partial charge >= 0.3 is 0 Å². The molecule has 0 saturated carbocycles. The Morgan fingerprint density at radius 2 is 1.97 bits per heavy atom. The Hall–Kier alpha value is -2.93. The number of carbonyl (C=O) groups is 2. The van der Waals surface area contributed by atoms with Crippen molar-refractivity contribution in [2.75, 3.05) is 19.6 Å². The number of carbonyl (C=O) groups excluding carboxylic acids is 2. The maximum Gasteiger partial charge on any atom is 0.289 e. The molecule has 156 valence electrons. The smallest absolute Gasteiger partial charge is 0.289 e. The van der Waals surface area contributed by atoms with E-state index in [0.717, 1.165) is 22.7 Å². The van der Waals surface area contributed by atoms with Crippen LogP contribution in [0.3, 0.4) is 0 Å². The quantitative estimate of drug-likeness (QED) is 0.652. The van der Waals surface area contributed by atoms with Gasteiger partial charge < -0.3 is 14.6 Å². The number of nitrogens with one attached hydrogen (secondary N) is 1. The van der Waals surface area contributed by atoms with Crippen molar-refractivity contribution in [2.24, 2.45) is 5.92 Å². The molecule has 3 heterocycles. The summed E-state index contributed by atoms with van der Waals surface area (Å²) in [5.41, 5.74) is 3.31. The van der Waals surface area contributed by atoms with Crippen LogP contribution in [0.4, 0.5) is 0 Å². The fourth-order valence-corrected chi connectivity index (χ4v) is 4.34. The van der Waals surface area contributed by atoms with Crippen molar-refractivity contribution in [1.82, 2.24) is 15.2 Å². The van der Waals surface area contributed by atoms with E-state index in [9.17, 15) is 9.59 Å². The van der Waals surface area contributed by atoms with Crippen LogP contribution < -0.4 is 5.32 Å². The lowest BCUT2D eigenvalue weighted by Gasteiger charge is -2.30. The van der Waals surface area contributed by atoms with E-state index < -0.39 is 0 Å². The molecule has 0 unspecified atom stereocenters. The molecular formula is C23H25N3O3S. The SMILES string of the molecule is Cc1nc(-c2ccc(CCNC(=O)C3CCN(C(=O)c4ccco4)CC3)cc2)cs1. The van der Waals surface area contributed by atoms with E-state index in [1.807, 2.05) is 6.92 Å². The lowest BCUT2D eigenvalue weighted by molar-refractivity contribution is -0.126. The minimum atomic E-state index is -0.102. The molecule has 0 bridgehead atoms. The van der Waals surface area contributed by atoms with E-state index in [-0.39, 0.29) is 17.7 Å². The molecule has 3 aromatic rings. The summed E-state index contributed by atoms with van der Waals surface area (Å²) in [6.45, 7) is 3.77. The Morgan fingerprint density at radius 1 is 1.20 bits per heavy atom. The van der Waals surface area contributed by atoms with Crippen molar-refractivity contribution in [3.8, 4) is 11.3 Å². The van der Waals surface area contributed by atoms with Crippen LogP contribution in [0.2, 0.25) is 0 Å². The van der Waals surface area contributed by atoms with Gasteiger partial charge in [0.25, 0.3) is 5.91 Å². The van der Waals surface area contributed by atoms with Crippen LogP contribution in [0.5, 0.6) is 0 Å². The molecule has 1 N–H and O–H groups in total. The number of hydrogen-bond acceptors (Lipinski definition) is 5. The standard InChI is InChI=1S/C23H25N3O3S/c1-16-25-20(15-30-16)18-6-4-17(5-7-18)8-11-24-22(27)19-9-12-26(13-10-19)23(28)21-3-2-14-29-21/h2-7,14-15,19H,8-13H2,1H3,(H,24,27). The van der Waals surface area contributed by atoms with Gasteiger partial charge in [-0.1, -0.05) is 24.3 Å². The molecule has 0 aliphatic carbocycles. The number of furan rings is 1. The maximum atomic E-state index is 12.5. The number of hydrogen-bond donors (Lipinski definition) is 1. The minimum absolute atomic E-state index is 0.0408. The van der Waals surface area contributed by atoms with Gasteiger partial charge in [-0.25, -0.2) is 4.98 Å². The molecule has 30 heavy (non-hydrogen) atoms. The molecule has 1 aliphatic heterocycles. The monoisotopic (exact) mass is 423 g/mol. The second-order valence-corrected chi connectivity index (χ2v) is 8.60. The third-order valence-electron chi connectivity index (χ3n) is 5.47. The van der Waals surface area contributed by atoms with Crippen molar-refractivity contribution in [1.29, 1.82) is 0 Å². The topological polar surface area (TPSA) is 75.4 Å². The zero-order valence-corrected chi connectivity index (χ0v) is 17.8. The lowest BCUT2D eigenvalue weighted by Crippen LogP contribution is -2.43. The molecule has 1 aliphatic rings. The number of piperidine rings is 1. The highest BCUT2D eigenvalue weighted by Crippen LogP contribution is 2.22. The molecule has 1 fully saturated rings. The summed E-state index contributed by atoms with van der Waals surface area (Å²) >= 11 is 1.65. The highest BCUT2D eigenvalue weighted by Gasteiger charge is 2.28. The Balaban J connectivity index is 1.20. The van der Waals surface area contributed by atoms with Crippen LogP contribution in [0.15, 0.2) is 52.5 Å². The highest BCUT2D eigenvalue weighted by atomic mass is 32.1. The average Bonchev–Trinajstić information content (AvgIpc) is 3.46. The first kappa shape index (κ1) is 20.3. The highest BCUT2D eigenvalue weighted by molar-refractivity contribution is 7.09. The molecule has 0 atom stereocenters. The zero-order chi connectivity index (χ0) is 20.9. The third-order valence-corrected chi connectivity index (χ3v) is 6.24. The summed E-state index contributed by atoms with van der Waals surface area (Å²) in [5.74, 6) is 0.291. The molecule has 6 nitrogen and oxygen atoms in total. The molecular weight excluding hydrogens is 398 g/mol. The van der Waals surface area contributed by atoms with Gasteiger partial charge in [0, 0.05) is 36.5 Å². The Morgan fingerprint density at radius 3 is 2.60 bits per heavy atom. The van der Waals surface area contributed by atoms with Crippen LogP contribution in [0.1, 0.15) is 34.0 Å². The first-order chi connectivity index (χ1) is 14.6. The molecule has 0 spiro atoms. The number of aromatic nitrogens is 1. The molecule has 2 amide bonds. The van der Waals surface area contributed by atoms with Crippen LogP contribution in [-0.2, 0) is 11.2 Å². The van der Waals surface area contributed by atoms with Gasteiger partial charge in [0.15, 0.2) is 5.76 Å². The van der Waals surface area contributed by atoms with Crippen molar-refractivity contribution in [3.05, 3.63) is 64.4 Å². The largest absolute Gasteiger partial charge is 0.459 e. The van der Waals surface area contributed by atoms with Crippen molar-refractivity contribution in [3.63, 3.8) is 0 Å². The van der Waals surface area contributed by atoms with E-state index >= 15 is 0 Å². The number of benzene rings is 1. The molecule has 1 saturated heterocycles. The second-order valence-electron chi connectivity index (χ2n) is 7.53. The summed E-state index contributed by atoms with van der Waals surface area (Å²) in [4.78, 5) is 31.1. The van der Waals surface area contributed by atoms with Crippen molar-refractivity contribution in [2.45, 2.75) is 26.2 Å². The van der Waals surface area contributed by atoms with Crippen molar-refractivity contribution < 1.29 is 14.0 Å². The van der Waals surface area contributed by atoms with Crippen LogP contribution in [-0.4, -0.2) is 41.3 Å². The number of rotatable bonds is 6. The van der Waals surface area contributed by atoms with Gasteiger partial charge in [0.1, 0.15) is 0 Å². The summed E-state index contributed by atoms with van der Waals surface area (Å²) in [5, 5.41) is 6.18. The molecule has 7 heteroatoms. The molecule has 4 rings (SSSR count). The summed E-state index contributed by atoms with van der Waals surface area (Å²) < 4.78 is 5.18. The zero-order valence-electron chi connectivity index (χ0n) is 17.0. The van der Waals surface area contributed by atoms with E-state index in [4.69, 9.17) is 4.42 Å². The molecule has 1 aromatic carbocycles. The first-order valence-electron chi connectivity index (χ1n) is 10.2. The number of amides is 2. The van der Waals surface area contributed by atoms with Crippen molar-refractivity contribution >= 4 is 23.2 Å². The van der Waals surface area contributed by atoms with Gasteiger partial charge in [-0.3, -0.25) is 9.59 Å². The maximum absolute atomic E-state index is 12.5. The third kappa shape index (κ3) is 4.79. The van der Waals surface area contributed by atoms with E-state index in [1.165, 1.54) is 11.8 Å². The minimum Gasteiger partial charge on any atom is -0.459 e.